The minimum atomic E-state index is -1.03. The van der Waals surface area contributed by atoms with Gasteiger partial charge >= 0.3 is 6.09 Å². The number of nitrogens with zero attached hydrogens (tertiary/aromatic N) is 2. The monoisotopic (exact) mass is 308 g/mol. The van der Waals surface area contributed by atoms with Crippen molar-refractivity contribution in [1.29, 1.82) is 5.26 Å². The maximum atomic E-state index is 13.9. The van der Waals surface area contributed by atoms with E-state index in [4.69, 9.17) is 15.1 Å². The van der Waals surface area contributed by atoms with Gasteiger partial charge in [0.1, 0.15) is 11.6 Å². The summed E-state index contributed by atoms with van der Waals surface area (Å²) >= 11 is 0. The van der Waals surface area contributed by atoms with E-state index in [2.05, 4.69) is 15.6 Å². The van der Waals surface area contributed by atoms with Gasteiger partial charge in [-0.3, -0.25) is 0 Å². The molecule has 1 aromatic heterocycles. The Kier molecular flexibility index (Phi) is 4.99. The molecule has 7 nitrogen and oxygen atoms in total. The number of methoxy groups -OCH3 is 1. The van der Waals surface area contributed by atoms with E-state index in [1.807, 2.05) is 6.07 Å². The zero-order valence-corrected chi connectivity index (χ0v) is 12.1. The third-order valence-corrected chi connectivity index (χ3v) is 3.65. The lowest BCUT2D eigenvalue weighted by Gasteiger charge is -2.29. The van der Waals surface area contributed by atoms with E-state index in [-0.39, 0.29) is 29.3 Å². The van der Waals surface area contributed by atoms with E-state index in [0.717, 1.165) is 6.07 Å². The Labute approximate surface area is 127 Å². The van der Waals surface area contributed by atoms with Crippen LogP contribution in [-0.4, -0.2) is 35.4 Å². The van der Waals surface area contributed by atoms with E-state index in [1.165, 1.54) is 7.11 Å². The van der Waals surface area contributed by atoms with Crippen molar-refractivity contribution in [3.05, 3.63) is 17.4 Å². The molecule has 0 saturated heterocycles. The molecular formula is C14H17FN4O3. The van der Waals surface area contributed by atoms with E-state index in [0.29, 0.717) is 25.7 Å². The largest absolute Gasteiger partial charge is 0.480 e. The highest BCUT2D eigenvalue weighted by atomic mass is 19.1. The fourth-order valence-corrected chi connectivity index (χ4v) is 2.56. The number of aromatic nitrogens is 1. The number of nitriles is 1. The van der Waals surface area contributed by atoms with Crippen LogP contribution in [0.3, 0.4) is 0 Å². The molecule has 22 heavy (non-hydrogen) atoms. The molecule has 0 unspecified atom stereocenters. The summed E-state index contributed by atoms with van der Waals surface area (Å²) in [5, 5.41) is 23.0. The van der Waals surface area contributed by atoms with Crippen molar-refractivity contribution in [1.82, 2.24) is 10.3 Å². The molecule has 0 spiro atoms. The summed E-state index contributed by atoms with van der Waals surface area (Å²) < 4.78 is 18.9. The third-order valence-electron chi connectivity index (χ3n) is 3.65. The number of amides is 1. The molecule has 1 aliphatic rings. The molecule has 1 aliphatic carbocycles. The predicted octanol–water partition coefficient (Wildman–Crippen LogP) is 2.09. The second-order valence-corrected chi connectivity index (χ2v) is 5.13. The number of anilines is 1. The minimum absolute atomic E-state index is 0.00601. The average molecular weight is 308 g/mol. The summed E-state index contributed by atoms with van der Waals surface area (Å²) in [6, 6.07) is 2.85. The van der Waals surface area contributed by atoms with Crippen molar-refractivity contribution < 1.29 is 19.0 Å². The van der Waals surface area contributed by atoms with Crippen molar-refractivity contribution in [3.63, 3.8) is 0 Å². The summed E-state index contributed by atoms with van der Waals surface area (Å²) in [7, 11) is 1.37. The Morgan fingerprint density at radius 1 is 1.45 bits per heavy atom. The first-order valence-corrected chi connectivity index (χ1v) is 6.94. The molecule has 0 bridgehead atoms. The van der Waals surface area contributed by atoms with Crippen LogP contribution in [0.15, 0.2) is 6.07 Å². The van der Waals surface area contributed by atoms with E-state index >= 15 is 0 Å². The quantitative estimate of drug-likeness (QED) is 0.786. The first kappa shape index (κ1) is 15.8. The molecule has 1 saturated carbocycles. The zero-order valence-electron chi connectivity index (χ0n) is 12.1. The van der Waals surface area contributed by atoms with Crippen LogP contribution < -0.4 is 15.4 Å². The van der Waals surface area contributed by atoms with Crippen molar-refractivity contribution >= 4 is 11.9 Å². The Bertz CT molecular complexity index is 594. The molecule has 1 amide bonds. The molecule has 3 N–H and O–H groups in total. The highest BCUT2D eigenvalue weighted by molar-refractivity contribution is 5.64. The van der Waals surface area contributed by atoms with Crippen LogP contribution in [0.5, 0.6) is 5.88 Å². The molecule has 118 valence electrons. The zero-order chi connectivity index (χ0) is 16.1. The lowest BCUT2D eigenvalue weighted by molar-refractivity contribution is 0.185. The van der Waals surface area contributed by atoms with E-state index in [1.54, 1.807) is 0 Å². The van der Waals surface area contributed by atoms with Crippen LogP contribution in [0.4, 0.5) is 15.0 Å². The maximum absolute atomic E-state index is 13.9. The Morgan fingerprint density at radius 2 is 2.09 bits per heavy atom. The molecule has 2 rings (SSSR count). The summed E-state index contributed by atoms with van der Waals surface area (Å²) in [5.41, 5.74) is 0.0416. The van der Waals surface area contributed by atoms with Gasteiger partial charge in [0.2, 0.25) is 5.88 Å². The number of hydrogen-bond donors (Lipinski definition) is 3. The maximum Gasteiger partial charge on any atom is 0.404 e. The predicted molar refractivity (Wildman–Crippen MR) is 76.3 cm³/mol. The van der Waals surface area contributed by atoms with Crippen LogP contribution in [0.1, 0.15) is 31.2 Å². The Balaban J connectivity index is 2.00. The average Bonchev–Trinajstić information content (AvgIpc) is 2.50. The van der Waals surface area contributed by atoms with Gasteiger partial charge in [-0.05, 0) is 25.7 Å². The number of hydrogen-bond acceptors (Lipinski definition) is 5. The number of nitrogens with one attached hydrogen (secondary N) is 2. The van der Waals surface area contributed by atoms with Gasteiger partial charge < -0.3 is 20.5 Å². The van der Waals surface area contributed by atoms with Crippen molar-refractivity contribution in [2.24, 2.45) is 0 Å². The molecule has 8 heteroatoms. The topological polar surface area (TPSA) is 107 Å². The summed E-state index contributed by atoms with van der Waals surface area (Å²) in [6.45, 7) is 0. The summed E-state index contributed by atoms with van der Waals surface area (Å²) in [4.78, 5) is 14.6. The van der Waals surface area contributed by atoms with Crippen LogP contribution >= 0.6 is 0 Å². The lowest BCUT2D eigenvalue weighted by Crippen LogP contribution is -2.39. The number of carboxylic acid groups (broad SMARTS) is 1. The van der Waals surface area contributed by atoms with Gasteiger partial charge in [0.25, 0.3) is 0 Å². The first-order valence-electron chi connectivity index (χ1n) is 6.94. The Morgan fingerprint density at radius 3 is 2.64 bits per heavy atom. The highest BCUT2D eigenvalue weighted by Gasteiger charge is 2.23. The molecule has 0 aromatic carbocycles. The summed E-state index contributed by atoms with van der Waals surface area (Å²) in [6.07, 6.45) is 1.74. The SMILES string of the molecule is COc1nc(NC2CCC(NC(=O)O)CC2)c(F)cc1C#N. The number of rotatable bonds is 4. The number of carbonyl (C=O) groups is 1. The van der Waals surface area contributed by atoms with E-state index in [9.17, 15) is 9.18 Å². The number of halogens is 1. The van der Waals surface area contributed by atoms with Gasteiger partial charge in [0.05, 0.1) is 7.11 Å². The standard InChI is InChI=1S/C14H17FN4O3/c1-22-13-8(7-16)6-11(15)12(19-13)17-9-2-4-10(5-3-9)18-14(20)21/h6,9-10,18H,2-5H2,1H3,(H,17,19)(H,20,21). The number of ether oxygens (including phenoxy) is 1. The fraction of sp³-hybridized carbons (Fsp3) is 0.500. The molecule has 0 aliphatic heterocycles. The second-order valence-electron chi connectivity index (χ2n) is 5.13. The third kappa shape index (κ3) is 3.75. The summed E-state index contributed by atoms with van der Waals surface area (Å²) in [5.74, 6) is -0.485. The van der Waals surface area contributed by atoms with Crippen molar-refractivity contribution in [2.45, 2.75) is 37.8 Å². The van der Waals surface area contributed by atoms with Gasteiger partial charge in [-0.1, -0.05) is 0 Å². The van der Waals surface area contributed by atoms with Crippen LogP contribution in [-0.2, 0) is 0 Å². The molecular weight excluding hydrogens is 291 g/mol. The van der Waals surface area contributed by atoms with Crippen molar-refractivity contribution in [2.75, 3.05) is 12.4 Å². The van der Waals surface area contributed by atoms with E-state index < -0.39 is 11.9 Å². The normalized spacial score (nSPS) is 20.8. The van der Waals surface area contributed by atoms with Crippen LogP contribution in [0.2, 0.25) is 0 Å². The molecule has 1 heterocycles. The molecule has 1 fully saturated rings. The van der Waals surface area contributed by atoms with Gasteiger partial charge in [-0.25, -0.2) is 9.18 Å². The second kappa shape index (κ2) is 6.93. The number of pyridine rings is 1. The first-order chi connectivity index (χ1) is 10.5. The molecule has 1 aromatic rings. The van der Waals surface area contributed by atoms with Gasteiger partial charge in [0, 0.05) is 18.2 Å². The minimum Gasteiger partial charge on any atom is -0.480 e. The fourth-order valence-electron chi connectivity index (χ4n) is 2.56. The van der Waals surface area contributed by atoms with Gasteiger partial charge in [0.15, 0.2) is 11.6 Å². The van der Waals surface area contributed by atoms with Gasteiger partial charge in [-0.15, -0.1) is 0 Å². The highest BCUT2D eigenvalue weighted by Crippen LogP contribution is 2.26. The smallest absolute Gasteiger partial charge is 0.404 e. The van der Waals surface area contributed by atoms with Gasteiger partial charge in [-0.2, -0.15) is 10.2 Å². The molecule has 0 atom stereocenters. The van der Waals surface area contributed by atoms with Crippen LogP contribution in [0, 0.1) is 17.1 Å². The lowest BCUT2D eigenvalue weighted by atomic mass is 9.91. The Hall–Kier alpha value is -2.56. The van der Waals surface area contributed by atoms with Crippen molar-refractivity contribution in [3.8, 4) is 11.9 Å². The van der Waals surface area contributed by atoms with Crippen LogP contribution in [0.25, 0.3) is 0 Å². The molecule has 0 radical (unpaired) electrons.